The van der Waals surface area contributed by atoms with Crippen LogP contribution in [0.4, 0.5) is 8.78 Å². The number of carbonyl (C=O) groups excluding carboxylic acids is 4. The zero-order chi connectivity index (χ0) is 75.6. The molecule has 25 heteroatoms. The Labute approximate surface area is 617 Å². The van der Waals surface area contributed by atoms with Gasteiger partial charge in [-0.1, -0.05) is 72.7 Å². The molecule has 13 nitrogen and oxygen atoms in total. The molecule has 3 atom stereocenters. The van der Waals surface area contributed by atoms with Gasteiger partial charge in [-0.05, 0) is 221 Å². The Morgan fingerprint density at radius 1 is 0.430 bits per heavy atom. The third-order valence-corrected chi connectivity index (χ3v) is 18.6. The molecule has 0 fully saturated rings. The molecule has 4 heterocycles. The van der Waals surface area contributed by atoms with Gasteiger partial charge < -0.3 is 43.2 Å². The molecular formula is C68H44Br8Cl2F2O13. The van der Waals surface area contributed by atoms with E-state index in [9.17, 15) is 53.5 Å². The van der Waals surface area contributed by atoms with Gasteiger partial charge >= 0.3 is 5.92 Å². The molecule has 0 saturated carbocycles. The maximum atomic E-state index is 14.1. The van der Waals surface area contributed by atoms with Crippen molar-refractivity contribution in [1.29, 1.82) is 0 Å². The van der Waals surface area contributed by atoms with Crippen molar-refractivity contribution in [2.45, 2.75) is 50.5 Å². The number of para-hydroxylation sites is 4. The van der Waals surface area contributed by atoms with Crippen LogP contribution in [0.15, 0.2) is 199 Å². The summed E-state index contributed by atoms with van der Waals surface area (Å²) in [6, 6.07) is 19.6. The average Bonchev–Trinajstić information content (AvgIpc) is 1.58. The van der Waals surface area contributed by atoms with Crippen LogP contribution >= 0.6 is 151 Å². The van der Waals surface area contributed by atoms with E-state index < -0.39 is 63.5 Å². The number of rotatable bonds is 12. The number of phenols is 4. The summed E-state index contributed by atoms with van der Waals surface area (Å²) in [6.45, 7) is 5.35. The summed E-state index contributed by atoms with van der Waals surface area (Å²) >= 11 is 37.7. The highest BCUT2D eigenvalue weighted by Crippen LogP contribution is 2.44. The van der Waals surface area contributed by atoms with Crippen molar-refractivity contribution in [2.24, 2.45) is 0 Å². The SMILES string of the molecule is [2H]c1c([2H])c([2H])c2c(C(=O)c3cc(Br)c(O)c(Br)c3)c(C(C)Cl)oc2c1[2H].[2H]c1cc([2H])c2oc(C(C)(F)F)c(C(=O)c3cc(Br)c(O)c(Br)c3)c2c1.[2H]c1cc([2H])c2oc(C(C)O)c(C(=O)c3cc(Br)c(O)c(Br)c3)c2c1.[2H]c1ccc2c(C(=O)c3cc(Br)c(O)c(Br)c3)c(C(C)Cl)oc2c1. The fourth-order valence-corrected chi connectivity index (χ4v) is 14.2. The lowest BCUT2D eigenvalue weighted by Gasteiger charge is -2.10. The number of aliphatic hydroxyl groups excluding tert-OH is 1. The third kappa shape index (κ3) is 15.2. The highest BCUT2D eigenvalue weighted by molar-refractivity contribution is 9.12. The van der Waals surface area contributed by atoms with Gasteiger partial charge in [-0.2, -0.15) is 8.78 Å². The molecule has 8 aromatic carbocycles. The first-order chi connectivity index (χ1) is 47.6. The number of aromatic hydroxyl groups is 4. The summed E-state index contributed by atoms with van der Waals surface area (Å²) in [5, 5.41) is 48.9. The van der Waals surface area contributed by atoms with Gasteiger partial charge in [0.25, 0.3) is 0 Å². The second kappa shape index (κ2) is 29.6. The first kappa shape index (κ1) is 59.5. The molecule has 5 N–H and O–H groups in total. The van der Waals surface area contributed by atoms with E-state index in [1.807, 2.05) is 0 Å². The number of carbonyl (C=O) groups is 4. The Balaban J connectivity index is 0.000000158. The number of furan rings is 4. The summed E-state index contributed by atoms with van der Waals surface area (Å²) < 4.78 is 124. The minimum absolute atomic E-state index is 0.0196. The van der Waals surface area contributed by atoms with E-state index in [1.54, 1.807) is 44.2 Å². The summed E-state index contributed by atoms with van der Waals surface area (Å²) in [5.41, 5.74) is 1.18. The van der Waals surface area contributed by atoms with Crippen LogP contribution in [-0.2, 0) is 5.92 Å². The molecular weight excluding hydrogens is 1770 g/mol. The number of hydrogen-bond acceptors (Lipinski definition) is 13. The highest BCUT2D eigenvalue weighted by Gasteiger charge is 2.37. The normalized spacial score (nSPS) is 13.7. The molecule has 0 aliphatic carbocycles. The molecule has 0 radical (unpaired) electrons. The van der Waals surface area contributed by atoms with Gasteiger partial charge in [-0.25, -0.2) is 0 Å². The minimum Gasteiger partial charge on any atom is -0.506 e. The molecule has 0 aliphatic heterocycles. The van der Waals surface area contributed by atoms with E-state index in [2.05, 4.69) is 127 Å². The molecule has 12 aromatic rings. The molecule has 4 aromatic heterocycles. The van der Waals surface area contributed by atoms with Crippen molar-refractivity contribution in [3.63, 3.8) is 0 Å². The van der Waals surface area contributed by atoms with Gasteiger partial charge in [0.15, 0.2) is 28.9 Å². The number of aliphatic hydroxyl groups is 1. The summed E-state index contributed by atoms with van der Waals surface area (Å²) in [6.07, 6.45) is -1.07. The third-order valence-electron chi connectivity index (χ3n) is 13.4. The van der Waals surface area contributed by atoms with Crippen molar-refractivity contribution in [1.82, 2.24) is 0 Å². The van der Waals surface area contributed by atoms with E-state index >= 15 is 0 Å². The van der Waals surface area contributed by atoms with Crippen LogP contribution in [-0.4, -0.2) is 48.7 Å². The molecule has 3 unspecified atom stereocenters. The van der Waals surface area contributed by atoms with Crippen LogP contribution in [0.1, 0.15) is 144 Å². The molecule has 0 bridgehead atoms. The second-order valence-corrected chi connectivity index (χ2v) is 28.1. The van der Waals surface area contributed by atoms with E-state index in [0.29, 0.717) is 64.1 Å². The Kier molecular flexibility index (Phi) is 18.9. The van der Waals surface area contributed by atoms with E-state index in [0.717, 1.165) is 6.07 Å². The molecule has 0 spiro atoms. The van der Waals surface area contributed by atoms with Crippen molar-refractivity contribution in [3.05, 3.63) is 249 Å². The largest absolute Gasteiger partial charge is 0.506 e. The lowest BCUT2D eigenvalue weighted by molar-refractivity contribution is -0.00471. The van der Waals surface area contributed by atoms with Crippen LogP contribution in [0.2, 0.25) is 0 Å². The van der Waals surface area contributed by atoms with Gasteiger partial charge in [-0.3, -0.25) is 19.2 Å². The molecule has 93 heavy (non-hydrogen) atoms. The number of benzene rings is 8. The second-order valence-electron chi connectivity index (χ2n) is 19.9. The maximum absolute atomic E-state index is 14.1. The fraction of sp³-hybridized carbons (Fsp3) is 0.118. The van der Waals surface area contributed by atoms with Crippen molar-refractivity contribution < 1.29 is 83.5 Å². The topological polar surface area (TPSA) is 222 Å². The minimum atomic E-state index is -3.47. The Hall–Kier alpha value is -5.96. The Morgan fingerprint density at radius 3 is 1.14 bits per heavy atom. The van der Waals surface area contributed by atoms with E-state index in [4.69, 9.17) is 53.2 Å². The molecule has 0 amide bonds. The quantitative estimate of drug-likeness (QED) is 0.0568. The average molecular weight is 1830 g/mol. The van der Waals surface area contributed by atoms with Crippen molar-refractivity contribution in [2.75, 3.05) is 0 Å². The molecule has 478 valence electrons. The standard InChI is InChI=1S/2C17H11Br2ClO3.C17H10Br2F2O3.C17H12Br2O4/c2*1-8(20)17-14(10-4-2-3-5-13(10)23-17)15(21)9-6-11(18)16(22)12(19)7-9;1-17(20,21)16-13(9-4-2-3-5-12(9)24-16)14(22)8-6-10(18)15(23)11(19)7-8;1-8(20)17-14(10-4-2-3-5-13(10)23-17)15(21)9-6-11(18)16(22)12(19)7-9/h2*2-8,22H,1H3;2-7,23H,1H3;2-8,20,22H,1H3/i2D,3D,4D,5D;3D;2*2D,5D. The smallest absolute Gasteiger partial charge is 0.302 e. The van der Waals surface area contributed by atoms with Crippen LogP contribution < -0.4 is 0 Å². The van der Waals surface area contributed by atoms with Gasteiger partial charge in [0.05, 0.1) is 81.1 Å². The summed E-state index contributed by atoms with van der Waals surface area (Å²) in [4.78, 5) is 52.3. The number of hydrogen-bond donors (Lipinski definition) is 5. The lowest BCUT2D eigenvalue weighted by atomic mass is 9.98. The zero-order valence-electron chi connectivity index (χ0n) is 56.4. The number of fused-ring (bicyclic) bond motifs is 4. The van der Waals surface area contributed by atoms with Gasteiger partial charge in [0.2, 0.25) is 0 Å². The first-order valence-electron chi connectivity index (χ1n) is 30.9. The number of phenolic OH excluding ortho intramolecular Hbond substituents is 4. The fourth-order valence-electron chi connectivity index (χ4n) is 9.15. The molecule has 0 aliphatic rings. The van der Waals surface area contributed by atoms with Crippen LogP contribution in [0.5, 0.6) is 23.0 Å². The summed E-state index contributed by atoms with van der Waals surface area (Å²) in [7, 11) is 0. The predicted octanol–water partition coefficient (Wildman–Crippen LogP) is 23.3. The van der Waals surface area contributed by atoms with Gasteiger partial charge in [0.1, 0.15) is 68.7 Å². The highest BCUT2D eigenvalue weighted by atomic mass is 79.9. The lowest BCUT2D eigenvalue weighted by Crippen LogP contribution is -2.13. The first-order valence-corrected chi connectivity index (χ1v) is 33.7. The van der Waals surface area contributed by atoms with Gasteiger partial charge in [-0.15, -0.1) is 23.2 Å². The maximum Gasteiger partial charge on any atom is 0.302 e. The van der Waals surface area contributed by atoms with E-state index in [1.165, 1.54) is 61.5 Å². The van der Waals surface area contributed by atoms with Gasteiger partial charge in [0, 0.05) is 50.7 Å². The summed E-state index contributed by atoms with van der Waals surface area (Å²) in [5.74, 6) is -6.12. The monoisotopic (exact) mass is 1820 g/mol. The Morgan fingerprint density at radius 2 is 0.742 bits per heavy atom. The van der Waals surface area contributed by atoms with Crippen LogP contribution in [0.3, 0.4) is 0 Å². The molecule has 0 saturated heterocycles. The van der Waals surface area contributed by atoms with Crippen molar-refractivity contribution >= 4 is 218 Å². The number of alkyl halides is 4. The Bertz CT molecular complexity index is 5390. The zero-order valence-corrected chi connectivity index (χ0v) is 61.6. The predicted molar refractivity (Wildman–Crippen MR) is 381 cm³/mol. The van der Waals surface area contributed by atoms with Crippen molar-refractivity contribution in [3.8, 4) is 23.0 Å². The number of ketones is 4. The van der Waals surface area contributed by atoms with Crippen LogP contribution in [0, 0.1) is 0 Å². The van der Waals surface area contributed by atoms with E-state index in [-0.39, 0.29) is 150 Å². The molecule has 12 rings (SSSR count). The number of halogens is 12. The van der Waals surface area contributed by atoms with Crippen LogP contribution in [0.25, 0.3) is 43.9 Å².